The van der Waals surface area contributed by atoms with Gasteiger partial charge in [0.2, 0.25) is 0 Å². The van der Waals surface area contributed by atoms with E-state index < -0.39 is 5.97 Å². The number of carboxylic acid groups (broad SMARTS) is 1. The van der Waals surface area contributed by atoms with Crippen molar-refractivity contribution in [3.05, 3.63) is 24.3 Å². The van der Waals surface area contributed by atoms with Crippen molar-refractivity contribution in [3.63, 3.8) is 0 Å². The first-order chi connectivity index (χ1) is 25.1. The zero-order valence-electron chi connectivity index (χ0n) is 34.4. The summed E-state index contributed by atoms with van der Waals surface area (Å²) >= 11 is 0. The Kier molecular flexibility index (Phi) is 41.5. The Morgan fingerprint density at radius 2 is 0.824 bits per heavy atom. The number of carboxylic acids is 1. The first kappa shape index (κ1) is 49.4. The molecule has 300 valence electrons. The lowest BCUT2D eigenvalue weighted by atomic mass is 10.0. The van der Waals surface area contributed by atoms with Crippen molar-refractivity contribution < 1.29 is 19.4 Å². The molecule has 0 aliphatic carbocycles. The van der Waals surface area contributed by atoms with Gasteiger partial charge in [-0.1, -0.05) is 218 Å². The number of carbonyl (C=O) groups is 2. The Morgan fingerprint density at radius 1 is 0.451 bits per heavy atom. The highest BCUT2D eigenvalue weighted by Crippen LogP contribution is 2.17. The summed E-state index contributed by atoms with van der Waals surface area (Å²) in [5, 5.41) is 8.79. The highest BCUT2D eigenvalue weighted by molar-refractivity contribution is 5.69. The SMILES string of the molecule is CCCCC/C=C\C/C=C\C(CCCCCCCCC(=O)O)OC(=O)CCCCCCCCCCCCCCCCCCCCCCCCCC. The summed E-state index contributed by atoms with van der Waals surface area (Å²) in [7, 11) is 0. The summed E-state index contributed by atoms with van der Waals surface area (Å²) < 4.78 is 5.92. The lowest BCUT2D eigenvalue weighted by Crippen LogP contribution is -2.16. The van der Waals surface area contributed by atoms with Gasteiger partial charge in [0.15, 0.2) is 0 Å². The summed E-state index contributed by atoms with van der Waals surface area (Å²) in [5.74, 6) is -0.750. The van der Waals surface area contributed by atoms with Gasteiger partial charge in [-0.2, -0.15) is 0 Å². The van der Waals surface area contributed by atoms with E-state index >= 15 is 0 Å². The van der Waals surface area contributed by atoms with Crippen molar-refractivity contribution in [3.8, 4) is 0 Å². The first-order valence-corrected chi connectivity index (χ1v) is 22.8. The monoisotopic (exact) mass is 717 g/mol. The largest absolute Gasteiger partial charge is 0.481 e. The smallest absolute Gasteiger partial charge is 0.306 e. The Balaban J connectivity index is 3.80. The van der Waals surface area contributed by atoms with Crippen molar-refractivity contribution in [2.24, 2.45) is 0 Å². The number of rotatable bonds is 42. The molecule has 0 rings (SSSR count). The van der Waals surface area contributed by atoms with Crippen molar-refractivity contribution in [1.82, 2.24) is 0 Å². The predicted octanol–water partition coefficient (Wildman–Crippen LogP) is 16.0. The Labute approximate surface area is 318 Å². The lowest BCUT2D eigenvalue weighted by molar-refractivity contribution is -0.147. The number of aliphatic carboxylic acids is 1. The summed E-state index contributed by atoms with van der Waals surface area (Å²) in [6, 6.07) is 0. The standard InChI is InChI=1S/C47H88O4/c1-3-5-7-9-11-13-14-15-16-17-18-19-20-21-22-23-24-25-26-27-28-30-36-40-44-47(50)51-45(41-37-33-29-12-10-8-6-4-2)42-38-34-31-32-35-39-43-46(48)49/h12,29,37,41,45H,3-11,13-28,30-36,38-40,42-44H2,1-2H3,(H,48,49)/b29-12-,41-37-. The molecule has 1 N–H and O–H groups in total. The molecule has 1 unspecified atom stereocenters. The molecule has 0 spiro atoms. The number of carbonyl (C=O) groups excluding carboxylic acids is 1. The van der Waals surface area contributed by atoms with Crippen LogP contribution in [0.4, 0.5) is 0 Å². The second kappa shape index (κ2) is 42.8. The van der Waals surface area contributed by atoms with Gasteiger partial charge in [-0.25, -0.2) is 0 Å². The molecule has 0 fully saturated rings. The van der Waals surface area contributed by atoms with Crippen molar-refractivity contribution in [2.45, 2.75) is 264 Å². The highest BCUT2D eigenvalue weighted by Gasteiger charge is 2.11. The van der Waals surface area contributed by atoms with Gasteiger partial charge < -0.3 is 9.84 Å². The number of unbranched alkanes of at least 4 members (excludes halogenated alkanes) is 31. The summed E-state index contributed by atoms with van der Waals surface area (Å²) in [6.45, 7) is 4.53. The van der Waals surface area contributed by atoms with E-state index in [1.165, 1.54) is 161 Å². The Hall–Kier alpha value is -1.58. The van der Waals surface area contributed by atoms with E-state index in [1.807, 2.05) is 0 Å². The molecular weight excluding hydrogens is 629 g/mol. The zero-order valence-corrected chi connectivity index (χ0v) is 34.4. The maximum absolute atomic E-state index is 12.7. The quantitative estimate of drug-likeness (QED) is 0.0388. The van der Waals surface area contributed by atoms with E-state index in [4.69, 9.17) is 9.84 Å². The van der Waals surface area contributed by atoms with E-state index in [0.29, 0.717) is 6.42 Å². The van der Waals surface area contributed by atoms with Crippen LogP contribution < -0.4 is 0 Å². The van der Waals surface area contributed by atoms with Crippen LogP contribution in [0.1, 0.15) is 258 Å². The first-order valence-electron chi connectivity index (χ1n) is 22.8. The van der Waals surface area contributed by atoms with E-state index in [1.54, 1.807) is 0 Å². The molecule has 1 atom stereocenters. The minimum atomic E-state index is -0.701. The van der Waals surface area contributed by atoms with Crippen molar-refractivity contribution in [2.75, 3.05) is 0 Å². The number of hydrogen-bond acceptors (Lipinski definition) is 3. The van der Waals surface area contributed by atoms with Crippen LogP contribution in [0.3, 0.4) is 0 Å². The van der Waals surface area contributed by atoms with Gasteiger partial charge in [-0.3, -0.25) is 9.59 Å². The number of ether oxygens (including phenoxy) is 1. The molecule has 0 amide bonds. The zero-order chi connectivity index (χ0) is 37.1. The molecule has 51 heavy (non-hydrogen) atoms. The van der Waals surface area contributed by atoms with Crippen LogP contribution in [-0.2, 0) is 14.3 Å². The van der Waals surface area contributed by atoms with Crippen LogP contribution >= 0.6 is 0 Å². The minimum absolute atomic E-state index is 0.0489. The van der Waals surface area contributed by atoms with Gasteiger partial charge in [0.1, 0.15) is 6.10 Å². The third kappa shape index (κ3) is 42.7. The Morgan fingerprint density at radius 3 is 1.25 bits per heavy atom. The molecule has 0 aromatic carbocycles. The molecule has 0 aliphatic heterocycles. The topological polar surface area (TPSA) is 63.6 Å². The lowest BCUT2D eigenvalue weighted by Gasteiger charge is -2.14. The molecule has 4 nitrogen and oxygen atoms in total. The van der Waals surface area contributed by atoms with Gasteiger partial charge in [0, 0.05) is 12.8 Å². The summed E-state index contributed by atoms with van der Waals surface area (Å²) in [6.07, 6.45) is 55.4. The Bertz CT molecular complexity index is 772. The third-order valence-electron chi connectivity index (χ3n) is 10.4. The van der Waals surface area contributed by atoms with E-state index in [9.17, 15) is 9.59 Å². The van der Waals surface area contributed by atoms with Gasteiger partial charge >= 0.3 is 11.9 Å². The second-order valence-electron chi connectivity index (χ2n) is 15.6. The molecule has 0 bridgehead atoms. The molecular formula is C47H88O4. The molecule has 0 saturated carbocycles. The maximum atomic E-state index is 12.7. The van der Waals surface area contributed by atoms with E-state index in [0.717, 1.165) is 70.6 Å². The van der Waals surface area contributed by atoms with Gasteiger partial charge in [-0.05, 0) is 51.0 Å². The molecule has 0 radical (unpaired) electrons. The number of hydrogen-bond donors (Lipinski definition) is 1. The number of allylic oxidation sites excluding steroid dienone is 3. The molecule has 0 aliphatic rings. The fraction of sp³-hybridized carbons (Fsp3) is 0.872. The van der Waals surface area contributed by atoms with Gasteiger partial charge in [0.25, 0.3) is 0 Å². The second-order valence-corrected chi connectivity index (χ2v) is 15.6. The average molecular weight is 717 g/mol. The fourth-order valence-corrected chi connectivity index (χ4v) is 7.02. The third-order valence-corrected chi connectivity index (χ3v) is 10.4. The van der Waals surface area contributed by atoms with Crippen molar-refractivity contribution >= 4 is 11.9 Å². The fourth-order valence-electron chi connectivity index (χ4n) is 7.02. The number of esters is 1. The normalized spacial score (nSPS) is 12.4. The predicted molar refractivity (Wildman–Crippen MR) is 223 cm³/mol. The van der Waals surface area contributed by atoms with E-state index in [-0.39, 0.29) is 18.5 Å². The highest BCUT2D eigenvalue weighted by atomic mass is 16.5. The minimum Gasteiger partial charge on any atom is -0.481 e. The molecule has 0 saturated heterocycles. The van der Waals surface area contributed by atoms with Crippen LogP contribution in [0.2, 0.25) is 0 Å². The summed E-state index contributed by atoms with van der Waals surface area (Å²) in [4.78, 5) is 23.3. The maximum Gasteiger partial charge on any atom is 0.306 e. The summed E-state index contributed by atoms with van der Waals surface area (Å²) in [5.41, 5.74) is 0. The van der Waals surface area contributed by atoms with Crippen LogP contribution in [0.5, 0.6) is 0 Å². The molecule has 0 heterocycles. The van der Waals surface area contributed by atoms with Crippen LogP contribution in [0.25, 0.3) is 0 Å². The van der Waals surface area contributed by atoms with Gasteiger partial charge in [-0.15, -0.1) is 0 Å². The van der Waals surface area contributed by atoms with E-state index in [2.05, 4.69) is 38.2 Å². The molecule has 4 heteroatoms. The van der Waals surface area contributed by atoms with Crippen LogP contribution in [-0.4, -0.2) is 23.1 Å². The average Bonchev–Trinajstić information content (AvgIpc) is 3.12. The van der Waals surface area contributed by atoms with Crippen molar-refractivity contribution in [1.29, 1.82) is 0 Å². The molecule has 0 aromatic rings. The van der Waals surface area contributed by atoms with Gasteiger partial charge in [0.05, 0.1) is 0 Å². The van der Waals surface area contributed by atoms with Crippen LogP contribution in [0.15, 0.2) is 24.3 Å². The van der Waals surface area contributed by atoms with Crippen LogP contribution in [0, 0.1) is 0 Å². The molecule has 0 aromatic heterocycles.